The zero-order chi connectivity index (χ0) is 20.8. The van der Waals surface area contributed by atoms with E-state index in [-0.39, 0.29) is 10.6 Å². The first-order chi connectivity index (χ1) is 14.7. The minimum Gasteiger partial charge on any atom is -0.493 e. The summed E-state index contributed by atoms with van der Waals surface area (Å²) in [5.41, 5.74) is 1.15. The number of aromatic nitrogens is 2. The second-order valence-corrected chi connectivity index (χ2v) is 7.78. The smallest absolute Gasteiger partial charge is 0.292 e. The highest BCUT2D eigenvalue weighted by atomic mass is 35.5. The lowest BCUT2D eigenvalue weighted by Crippen LogP contribution is -3.14. The molecule has 0 radical (unpaired) electrons. The molecule has 3 aromatic rings. The summed E-state index contributed by atoms with van der Waals surface area (Å²) in [4.78, 5) is 16.4. The number of nitrogens with one attached hydrogen (secondary N) is 1. The minimum absolute atomic E-state index is 0.230. The standard InChI is InChI=1S/C23H25ClN4O2/c24-22-21(18-25-28(23(22)29)19-8-3-1-4-9-19)27-15-13-26(14-16-27)12-7-17-30-20-10-5-2-6-11-20/h1-6,8-11,18H,7,12-17H2/p+1. The molecule has 0 spiro atoms. The molecule has 1 fully saturated rings. The lowest BCUT2D eigenvalue weighted by atomic mass is 10.2. The van der Waals surface area contributed by atoms with Gasteiger partial charge in [0.2, 0.25) is 0 Å². The van der Waals surface area contributed by atoms with E-state index in [0.717, 1.165) is 57.2 Å². The summed E-state index contributed by atoms with van der Waals surface area (Å²) >= 11 is 6.44. The Balaban J connectivity index is 1.30. The maximum absolute atomic E-state index is 12.7. The van der Waals surface area contributed by atoms with Crippen LogP contribution in [0.3, 0.4) is 0 Å². The summed E-state index contributed by atoms with van der Waals surface area (Å²) in [5, 5.41) is 4.58. The monoisotopic (exact) mass is 425 g/mol. The normalized spacial score (nSPS) is 14.6. The fourth-order valence-electron chi connectivity index (χ4n) is 3.74. The molecule has 1 N–H and O–H groups in total. The number of hydrogen-bond acceptors (Lipinski definition) is 4. The van der Waals surface area contributed by atoms with Crippen LogP contribution in [-0.4, -0.2) is 49.1 Å². The van der Waals surface area contributed by atoms with Crippen LogP contribution in [0.2, 0.25) is 5.02 Å². The predicted octanol–water partition coefficient (Wildman–Crippen LogP) is 2.06. The molecule has 2 aromatic carbocycles. The van der Waals surface area contributed by atoms with Crippen LogP contribution in [-0.2, 0) is 0 Å². The van der Waals surface area contributed by atoms with Crippen molar-refractivity contribution in [3.8, 4) is 11.4 Å². The number of anilines is 1. The van der Waals surface area contributed by atoms with E-state index in [1.165, 1.54) is 4.68 Å². The molecule has 4 rings (SSSR count). The van der Waals surface area contributed by atoms with Crippen molar-refractivity contribution in [3.05, 3.63) is 82.2 Å². The Morgan fingerprint density at radius 2 is 1.67 bits per heavy atom. The molecule has 0 unspecified atom stereocenters. The number of nitrogens with zero attached hydrogens (tertiary/aromatic N) is 3. The lowest BCUT2D eigenvalue weighted by molar-refractivity contribution is -0.900. The van der Waals surface area contributed by atoms with Crippen molar-refractivity contribution in [3.63, 3.8) is 0 Å². The molecule has 0 amide bonds. The van der Waals surface area contributed by atoms with Crippen LogP contribution in [0.4, 0.5) is 5.69 Å². The summed E-state index contributed by atoms with van der Waals surface area (Å²) in [7, 11) is 0. The average Bonchev–Trinajstić information content (AvgIpc) is 2.80. The molecule has 1 saturated heterocycles. The molecule has 1 aliphatic heterocycles. The fraction of sp³-hybridized carbons (Fsp3) is 0.304. The number of hydrogen-bond donors (Lipinski definition) is 1. The Morgan fingerprint density at radius 1 is 1.00 bits per heavy atom. The number of rotatable bonds is 7. The lowest BCUT2D eigenvalue weighted by Gasteiger charge is -2.33. The second-order valence-electron chi connectivity index (χ2n) is 7.40. The first-order valence-corrected chi connectivity index (χ1v) is 10.7. The van der Waals surface area contributed by atoms with Crippen LogP contribution in [0.5, 0.6) is 5.75 Å². The van der Waals surface area contributed by atoms with Gasteiger partial charge in [0.05, 0.1) is 56.9 Å². The van der Waals surface area contributed by atoms with E-state index in [4.69, 9.17) is 16.3 Å². The number of quaternary nitrogens is 1. The van der Waals surface area contributed by atoms with Crippen LogP contribution in [0.25, 0.3) is 5.69 Å². The van der Waals surface area contributed by atoms with Gasteiger partial charge in [0.25, 0.3) is 5.56 Å². The first-order valence-electron chi connectivity index (χ1n) is 10.3. The number of piperazine rings is 1. The molecular weight excluding hydrogens is 400 g/mol. The Morgan fingerprint density at radius 3 is 2.37 bits per heavy atom. The summed E-state index contributed by atoms with van der Waals surface area (Å²) in [6.07, 6.45) is 2.72. The van der Waals surface area contributed by atoms with E-state index in [9.17, 15) is 4.79 Å². The van der Waals surface area contributed by atoms with Gasteiger partial charge >= 0.3 is 0 Å². The second kappa shape index (κ2) is 9.78. The number of benzene rings is 2. The maximum Gasteiger partial charge on any atom is 0.292 e. The van der Waals surface area contributed by atoms with Crippen LogP contribution < -0.4 is 20.1 Å². The van der Waals surface area contributed by atoms with E-state index in [1.54, 1.807) is 11.1 Å². The topological polar surface area (TPSA) is 51.8 Å². The zero-order valence-corrected chi connectivity index (χ0v) is 17.6. The van der Waals surface area contributed by atoms with Crippen molar-refractivity contribution in [1.82, 2.24) is 9.78 Å². The first kappa shape index (κ1) is 20.4. The number of halogens is 1. The van der Waals surface area contributed by atoms with E-state index < -0.39 is 0 Å². The predicted molar refractivity (Wildman–Crippen MR) is 119 cm³/mol. The third-order valence-electron chi connectivity index (χ3n) is 5.40. The van der Waals surface area contributed by atoms with Crippen molar-refractivity contribution in [1.29, 1.82) is 0 Å². The van der Waals surface area contributed by atoms with Crippen molar-refractivity contribution >= 4 is 17.3 Å². The number of ether oxygens (including phenoxy) is 1. The highest BCUT2D eigenvalue weighted by molar-refractivity contribution is 6.33. The van der Waals surface area contributed by atoms with Crippen LogP contribution in [0.1, 0.15) is 6.42 Å². The third kappa shape index (κ3) is 4.83. The van der Waals surface area contributed by atoms with Gasteiger partial charge in [0, 0.05) is 6.42 Å². The van der Waals surface area contributed by atoms with Gasteiger partial charge in [0.15, 0.2) is 0 Å². The van der Waals surface area contributed by atoms with E-state index in [0.29, 0.717) is 5.69 Å². The average molecular weight is 426 g/mol. The van der Waals surface area contributed by atoms with Gasteiger partial charge in [-0.1, -0.05) is 48.0 Å². The van der Waals surface area contributed by atoms with Crippen LogP contribution >= 0.6 is 11.6 Å². The molecule has 30 heavy (non-hydrogen) atoms. The van der Waals surface area contributed by atoms with Crippen molar-refractivity contribution in [2.45, 2.75) is 6.42 Å². The highest BCUT2D eigenvalue weighted by Gasteiger charge is 2.23. The molecular formula is C23H26ClN4O2+. The van der Waals surface area contributed by atoms with Crippen molar-refractivity contribution in [2.24, 2.45) is 0 Å². The van der Waals surface area contributed by atoms with Gasteiger partial charge in [0.1, 0.15) is 10.8 Å². The Labute approximate surface area is 181 Å². The maximum atomic E-state index is 12.7. The molecule has 6 nitrogen and oxygen atoms in total. The molecule has 0 atom stereocenters. The summed E-state index contributed by atoms with van der Waals surface area (Å²) < 4.78 is 7.12. The van der Waals surface area contributed by atoms with Crippen molar-refractivity contribution in [2.75, 3.05) is 44.2 Å². The SMILES string of the molecule is O=c1c(Cl)c(N2CC[NH+](CCCOc3ccccc3)CC2)cnn1-c1ccccc1. The van der Waals surface area contributed by atoms with Gasteiger partial charge in [-0.2, -0.15) is 9.78 Å². The molecule has 156 valence electrons. The minimum atomic E-state index is -0.284. The quantitative estimate of drug-likeness (QED) is 0.589. The number of para-hydroxylation sites is 2. The largest absolute Gasteiger partial charge is 0.493 e. The van der Waals surface area contributed by atoms with E-state index in [2.05, 4.69) is 10.00 Å². The Bertz CT molecular complexity index is 1000. The summed E-state index contributed by atoms with van der Waals surface area (Å²) in [5.74, 6) is 0.921. The fourth-order valence-corrected chi connectivity index (χ4v) is 3.99. The molecule has 1 aromatic heterocycles. The van der Waals surface area contributed by atoms with Gasteiger partial charge in [-0.15, -0.1) is 0 Å². The van der Waals surface area contributed by atoms with Crippen molar-refractivity contribution < 1.29 is 9.64 Å². The summed E-state index contributed by atoms with van der Waals surface area (Å²) in [6, 6.07) is 19.3. The van der Waals surface area contributed by atoms with Gasteiger partial charge < -0.3 is 14.5 Å². The van der Waals surface area contributed by atoms with Crippen LogP contribution in [0, 0.1) is 0 Å². The van der Waals surface area contributed by atoms with Crippen LogP contribution in [0.15, 0.2) is 71.7 Å². The van der Waals surface area contributed by atoms with Gasteiger partial charge in [-0.05, 0) is 24.3 Å². The molecule has 2 heterocycles. The Kier molecular flexibility index (Phi) is 6.67. The molecule has 7 heteroatoms. The van der Waals surface area contributed by atoms with Gasteiger partial charge in [-0.3, -0.25) is 4.79 Å². The molecule has 1 aliphatic rings. The third-order valence-corrected chi connectivity index (χ3v) is 5.75. The Hall–Kier alpha value is -2.83. The molecule has 0 saturated carbocycles. The molecule has 0 aliphatic carbocycles. The zero-order valence-electron chi connectivity index (χ0n) is 16.8. The van der Waals surface area contributed by atoms with Gasteiger partial charge in [-0.25, -0.2) is 0 Å². The molecule has 0 bridgehead atoms. The van der Waals surface area contributed by atoms with E-state index in [1.807, 2.05) is 60.7 Å². The van der Waals surface area contributed by atoms with E-state index >= 15 is 0 Å². The highest BCUT2D eigenvalue weighted by Crippen LogP contribution is 2.21. The summed E-state index contributed by atoms with van der Waals surface area (Å²) in [6.45, 7) is 5.51.